The fourth-order valence-electron chi connectivity index (χ4n) is 2.85. The second-order valence-electron chi connectivity index (χ2n) is 5.81. The van der Waals surface area contributed by atoms with Crippen LogP contribution in [0.25, 0.3) is 0 Å². The monoisotopic (exact) mass is 327 g/mol. The third-order valence-electron chi connectivity index (χ3n) is 4.15. The van der Waals surface area contributed by atoms with Crippen LogP contribution in [0.4, 0.5) is 0 Å². The average Bonchev–Trinajstić information content (AvgIpc) is 3.09. The lowest BCUT2D eigenvalue weighted by molar-refractivity contribution is 0.475. The minimum absolute atomic E-state index is 0.00600. The fourth-order valence-corrected chi connectivity index (χ4v) is 2.85. The molecule has 0 radical (unpaired) electrons. The lowest BCUT2D eigenvalue weighted by atomic mass is 9.93. The topological polar surface area (TPSA) is 61.8 Å². The van der Waals surface area contributed by atoms with Gasteiger partial charge in [0.15, 0.2) is 0 Å². The molecule has 1 aromatic heterocycles. The van der Waals surface area contributed by atoms with Gasteiger partial charge in [0.25, 0.3) is 0 Å². The second-order valence-corrected chi connectivity index (χ2v) is 5.81. The molecule has 0 saturated heterocycles. The molecule has 3 rings (SSSR count). The van der Waals surface area contributed by atoms with Crippen LogP contribution in [0.5, 0.6) is 5.75 Å². The van der Waals surface area contributed by atoms with Crippen LogP contribution in [0.2, 0.25) is 0 Å². The van der Waals surface area contributed by atoms with E-state index in [4.69, 9.17) is 11.7 Å². The van der Waals surface area contributed by atoms with Crippen LogP contribution in [0, 0.1) is 23.7 Å². The molecule has 122 valence electrons. The minimum atomic E-state index is 0.00600. The number of nitrogens with zero attached hydrogens (tertiary/aromatic N) is 3. The lowest BCUT2D eigenvalue weighted by Gasteiger charge is -2.18. The molecular formula is C21H17N3O. The number of imidazole rings is 1. The van der Waals surface area contributed by atoms with Gasteiger partial charge in [-0.3, -0.25) is 0 Å². The number of nitriles is 1. The van der Waals surface area contributed by atoms with Crippen molar-refractivity contribution < 1.29 is 5.11 Å². The Kier molecular flexibility index (Phi) is 4.83. The molecule has 4 nitrogen and oxygen atoms in total. The van der Waals surface area contributed by atoms with Gasteiger partial charge in [-0.15, -0.1) is 12.3 Å². The summed E-state index contributed by atoms with van der Waals surface area (Å²) in [7, 11) is 0. The molecule has 1 N–H and O–H groups in total. The van der Waals surface area contributed by atoms with Crippen molar-refractivity contribution >= 4 is 0 Å². The number of benzene rings is 2. The highest BCUT2D eigenvalue weighted by Crippen LogP contribution is 2.29. The van der Waals surface area contributed by atoms with Crippen LogP contribution in [0.1, 0.15) is 34.7 Å². The summed E-state index contributed by atoms with van der Waals surface area (Å²) in [6.45, 7) is 0.653. The van der Waals surface area contributed by atoms with E-state index in [0.29, 0.717) is 18.5 Å². The molecule has 0 aliphatic heterocycles. The first-order valence-corrected chi connectivity index (χ1v) is 7.92. The van der Waals surface area contributed by atoms with Crippen LogP contribution >= 0.6 is 0 Å². The number of terminal acetylenes is 1. The van der Waals surface area contributed by atoms with E-state index in [9.17, 15) is 5.11 Å². The summed E-state index contributed by atoms with van der Waals surface area (Å²) in [6.07, 6.45) is 9.74. The Morgan fingerprint density at radius 1 is 1.12 bits per heavy atom. The predicted octanol–water partition coefficient (Wildman–Crippen LogP) is 3.66. The standard InChI is InChI=1S/C21H17N3O/c1-2-3-20(18-8-10-19(25)11-9-18)21-13-23-15-24(21)14-17-6-4-16(12-22)5-7-17/h1,4-11,13,15,20,25H,3,14H2. The first-order chi connectivity index (χ1) is 12.2. The number of phenols is 1. The Morgan fingerprint density at radius 2 is 1.84 bits per heavy atom. The summed E-state index contributed by atoms with van der Waals surface area (Å²) >= 11 is 0. The summed E-state index contributed by atoms with van der Waals surface area (Å²) < 4.78 is 2.07. The maximum Gasteiger partial charge on any atom is 0.115 e. The van der Waals surface area contributed by atoms with Crippen LogP contribution in [0.3, 0.4) is 0 Å². The van der Waals surface area contributed by atoms with E-state index >= 15 is 0 Å². The predicted molar refractivity (Wildman–Crippen MR) is 95.9 cm³/mol. The minimum Gasteiger partial charge on any atom is -0.508 e. The van der Waals surface area contributed by atoms with E-state index in [1.807, 2.05) is 42.6 Å². The van der Waals surface area contributed by atoms with Gasteiger partial charge in [-0.2, -0.15) is 5.26 Å². The van der Waals surface area contributed by atoms with Gasteiger partial charge in [0.1, 0.15) is 5.75 Å². The maximum atomic E-state index is 9.51. The molecule has 1 unspecified atom stereocenters. The normalized spacial score (nSPS) is 11.4. The molecule has 1 atom stereocenters. The zero-order valence-electron chi connectivity index (χ0n) is 13.6. The zero-order valence-corrected chi connectivity index (χ0v) is 13.6. The molecule has 4 heteroatoms. The second kappa shape index (κ2) is 7.38. The van der Waals surface area contributed by atoms with Gasteiger partial charge in [0.2, 0.25) is 0 Å². The van der Waals surface area contributed by atoms with Crippen molar-refractivity contribution in [2.45, 2.75) is 18.9 Å². The van der Waals surface area contributed by atoms with Crippen LogP contribution in [-0.2, 0) is 6.54 Å². The molecule has 0 aliphatic carbocycles. The van der Waals surface area contributed by atoms with Gasteiger partial charge < -0.3 is 9.67 Å². The number of phenolic OH excluding ortho intramolecular Hbond substituents is 1. The average molecular weight is 327 g/mol. The summed E-state index contributed by atoms with van der Waals surface area (Å²) in [6, 6.07) is 16.7. The third kappa shape index (κ3) is 3.71. The molecule has 0 amide bonds. The van der Waals surface area contributed by atoms with Crippen molar-refractivity contribution in [1.29, 1.82) is 5.26 Å². The van der Waals surface area contributed by atoms with Crippen molar-refractivity contribution in [3.63, 3.8) is 0 Å². The number of hydrogen-bond donors (Lipinski definition) is 1. The van der Waals surface area contributed by atoms with Crippen molar-refractivity contribution in [3.05, 3.63) is 83.4 Å². The van der Waals surface area contributed by atoms with E-state index in [2.05, 4.69) is 21.5 Å². The largest absolute Gasteiger partial charge is 0.508 e. The molecule has 0 aliphatic rings. The number of aromatic nitrogens is 2. The highest BCUT2D eigenvalue weighted by Gasteiger charge is 2.18. The van der Waals surface area contributed by atoms with Gasteiger partial charge in [-0.1, -0.05) is 24.3 Å². The summed E-state index contributed by atoms with van der Waals surface area (Å²) in [5.74, 6) is 2.97. The van der Waals surface area contributed by atoms with Crippen molar-refractivity contribution in [2.24, 2.45) is 0 Å². The Bertz CT molecular complexity index is 925. The highest BCUT2D eigenvalue weighted by molar-refractivity contribution is 5.35. The molecule has 0 bridgehead atoms. The highest BCUT2D eigenvalue weighted by atomic mass is 16.3. The smallest absolute Gasteiger partial charge is 0.115 e. The van der Waals surface area contributed by atoms with Gasteiger partial charge in [-0.05, 0) is 35.4 Å². The van der Waals surface area contributed by atoms with Crippen LogP contribution < -0.4 is 0 Å². The van der Waals surface area contributed by atoms with Crippen molar-refractivity contribution in [3.8, 4) is 24.2 Å². The Labute approximate surface area is 147 Å². The van der Waals surface area contributed by atoms with E-state index in [1.54, 1.807) is 18.5 Å². The van der Waals surface area contributed by atoms with Crippen LogP contribution in [-0.4, -0.2) is 14.7 Å². The number of aromatic hydroxyl groups is 1. The Balaban J connectivity index is 1.91. The molecule has 1 heterocycles. The van der Waals surface area contributed by atoms with E-state index in [-0.39, 0.29) is 11.7 Å². The van der Waals surface area contributed by atoms with E-state index in [1.165, 1.54) is 0 Å². The number of hydrogen-bond acceptors (Lipinski definition) is 3. The molecule has 3 aromatic rings. The first kappa shape index (κ1) is 16.4. The molecule has 25 heavy (non-hydrogen) atoms. The molecule has 0 fully saturated rings. The summed E-state index contributed by atoms with van der Waals surface area (Å²) in [5, 5.41) is 18.4. The fraction of sp³-hybridized carbons (Fsp3) is 0.143. The van der Waals surface area contributed by atoms with E-state index in [0.717, 1.165) is 16.8 Å². The van der Waals surface area contributed by atoms with Crippen molar-refractivity contribution in [1.82, 2.24) is 9.55 Å². The quantitative estimate of drug-likeness (QED) is 0.727. The third-order valence-corrected chi connectivity index (χ3v) is 4.15. The van der Waals surface area contributed by atoms with E-state index < -0.39 is 0 Å². The Hall–Kier alpha value is -3.50. The number of rotatable bonds is 5. The lowest BCUT2D eigenvalue weighted by Crippen LogP contribution is -2.09. The summed E-state index contributed by atoms with van der Waals surface area (Å²) in [4.78, 5) is 4.29. The maximum absolute atomic E-state index is 9.51. The van der Waals surface area contributed by atoms with Crippen molar-refractivity contribution in [2.75, 3.05) is 0 Å². The molecule has 0 saturated carbocycles. The zero-order chi connectivity index (χ0) is 17.6. The van der Waals surface area contributed by atoms with Gasteiger partial charge in [0.05, 0.1) is 18.0 Å². The van der Waals surface area contributed by atoms with Gasteiger partial charge >= 0.3 is 0 Å². The molecule has 0 spiro atoms. The molecule has 2 aromatic carbocycles. The van der Waals surface area contributed by atoms with Gasteiger partial charge in [-0.25, -0.2) is 4.98 Å². The SMILES string of the molecule is C#CCC(c1ccc(O)cc1)c1cncn1Cc1ccc(C#N)cc1. The summed E-state index contributed by atoms with van der Waals surface area (Å²) in [5.41, 5.74) is 3.79. The Morgan fingerprint density at radius 3 is 2.48 bits per heavy atom. The first-order valence-electron chi connectivity index (χ1n) is 7.92. The molecular weight excluding hydrogens is 310 g/mol. The van der Waals surface area contributed by atoms with Gasteiger partial charge in [0, 0.05) is 30.8 Å². The van der Waals surface area contributed by atoms with Crippen LogP contribution in [0.15, 0.2) is 61.1 Å².